The largest absolute Gasteiger partial charge is 0.348 e. The van der Waals surface area contributed by atoms with Gasteiger partial charge in [0, 0.05) is 4.88 Å². The number of amides is 1. The Morgan fingerprint density at radius 1 is 1.35 bits per heavy atom. The quantitative estimate of drug-likeness (QED) is 0.846. The lowest BCUT2D eigenvalue weighted by atomic mass is 10.3. The molecule has 0 fully saturated rings. The second-order valence-corrected chi connectivity index (χ2v) is 6.73. The minimum atomic E-state index is 0.0873. The molecule has 0 spiro atoms. The smallest absolute Gasteiger partial charge is 0.230 e. The zero-order chi connectivity index (χ0) is 12.1. The Morgan fingerprint density at radius 2 is 2.12 bits per heavy atom. The van der Waals surface area contributed by atoms with E-state index in [9.17, 15) is 4.79 Å². The lowest BCUT2D eigenvalue weighted by Crippen LogP contribution is -2.27. The summed E-state index contributed by atoms with van der Waals surface area (Å²) in [7, 11) is 0. The highest BCUT2D eigenvalue weighted by Crippen LogP contribution is 2.23. The van der Waals surface area contributed by atoms with Gasteiger partial charge in [0.1, 0.15) is 0 Å². The Balaban J connectivity index is 1.77. The van der Waals surface area contributed by atoms with Crippen molar-refractivity contribution in [3.63, 3.8) is 0 Å². The fourth-order valence-electron chi connectivity index (χ4n) is 1.37. The van der Waals surface area contributed by atoms with Gasteiger partial charge >= 0.3 is 0 Å². The topological polar surface area (TPSA) is 29.1 Å². The summed E-state index contributed by atoms with van der Waals surface area (Å²) >= 11 is 4.92. The third kappa shape index (κ3) is 3.87. The van der Waals surface area contributed by atoms with Crippen LogP contribution in [0, 0.1) is 0 Å². The molecule has 90 valence electrons. The number of thioether (sulfide) groups is 1. The molecule has 0 radical (unpaired) electrons. The normalized spacial score (nSPS) is 12.3. The van der Waals surface area contributed by atoms with Gasteiger partial charge in [0.05, 0.1) is 16.0 Å². The zero-order valence-corrected chi connectivity index (χ0v) is 11.8. The summed E-state index contributed by atoms with van der Waals surface area (Å²) in [5, 5.41) is 7.05. The Hall–Kier alpha value is -0.780. The van der Waals surface area contributed by atoms with E-state index in [-0.39, 0.29) is 11.9 Å². The molecule has 2 aromatic rings. The molecule has 0 bridgehead atoms. The van der Waals surface area contributed by atoms with Gasteiger partial charge in [-0.15, -0.1) is 34.4 Å². The van der Waals surface area contributed by atoms with Crippen LogP contribution in [0.2, 0.25) is 0 Å². The molecule has 1 unspecified atom stereocenters. The summed E-state index contributed by atoms with van der Waals surface area (Å²) in [6.45, 7) is 2.01. The van der Waals surface area contributed by atoms with E-state index in [1.165, 1.54) is 9.09 Å². The second kappa shape index (κ2) is 6.23. The fourth-order valence-corrected chi connectivity index (χ4v) is 3.70. The van der Waals surface area contributed by atoms with E-state index < -0.39 is 0 Å². The van der Waals surface area contributed by atoms with E-state index in [1.54, 1.807) is 34.4 Å². The molecule has 2 rings (SSSR count). The first-order valence-electron chi connectivity index (χ1n) is 5.25. The average molecular weight is 283 g/mol. The lowest BCUT2D eigenvalue weighted by molar-refractivity contribution is -0.119. The summed E-state index contributed by atoms with van der Waals surface area (Å²) in [5.74, 6) is 0.570. The molecular formula is C12H13NOS3. The van der Waals surface area contributed by atoms with Gasteiger partial charge in [0.15, 0.2) is 0 Å². The summed E-state index contributed by atoms with van der Waals surface area (Å²) in [5.41, 5.74) is 0. The number of thiophene rings is 2. The monoisotopic (exact) mass is 283 g/mol. The molecule has 1 atom stereocenters. The molecule has 0 saturated heterocycles. The van der Waals surface area contributed by atoms with Crippen molar-refractivity contribution >= 4 is 40.3 Å². The Labute approximate surface area is 113 Å². The highest BCUT2D eigenvalue weighted by molar-refractivity contribution is 8.01. The summed E-state index contributed by atoms with van der Waals surface area (Å²) < 4.78 is 1.18. The Kier molecular flexibility index (Phi) is 4.65. The van der Waals surface area contributed by atoms with Crippen LogP contribution in [0.1, 0.15) is 17.8 Å². The Bertz CT molecular complexity index is 450. The molecule has 2 heterocycles. The number of hydrogen-bond donors (Lipinski definition) is 1. The summed E-state index contributed by atoms with van der Waals surface area (Å²) in [6, 6.07) is 8.18. The molecule has 0 aliphatic carbocycles. The van der Waals surface area contributed by atoms with Crippen molar-refractivity contribution in [1.82, 2.24) is 5.32 Å². The molecule has 0 aromatic carbocycles. The first-order valence-corrected chi connectivity index (χ1v) is 7.99. The third-order valence-electron chi connectivity index (χ3n) is 2.19. The number of rotatable bonds is 5. The highest BCUT2D eigenvalue weighted by atomic mass is 32.2. The van der Waals surface area contributed by atoms with Crippen LogP contribution in [-0.2, 0) is 4.79 Å². The molecule has 1 N–H and O–H groups in total. The van der Waals surface area contributed by atoms with Gasteiger partial charge in [0.25, 0.3) is 0 Å². The zero-order valence-electron chi connectivity index (χ0n) is 9.38. The van der Waals surface area contributed by atoms with Crippen LogP contribution >= 0.6 is 34.4 Å². The Morgan fingerprint density at radius 3 is 2.76 bits per heavy atom. The standard InChI is InChI=1S/C12H13NOS3/c1-9(10-4-2-6-15-10)13-11(14)8-17-12-5-3-7-16-12/h2-7,9H,8H2,1H3,(H,13,14). The molecule has 17 heavy (non-hydrogen) atoms. The van der Waals surface area contributed by atoms with Gasteiger partial charge in [-0.05, 0) is 29.8 Å². The van der Waals surface area contributed by atoms with E-state index >= 15 is 0 Å². The molecule has 0 aliphatic heterocycles. The van der Waals surface area contributed by atoms with Crippen LogP contribution in [0.25, 0.3) is 0 Å². The van der Waals surface area contributed by atoms with Crippen LogP contribution in [-0.4, -0.2) is 11.7 Å². The van der Waals surface area contributed by atoms with E-state index in [2.05, 4.69) is 5.32 Å². The van der Waals surface area contributed by atoms with Crippen molar-refractivity contribution in [1.29, 1.82) is 0 Å². The van der Waals surface area contributed by atoms with Crippen LogP contribution in [0.4, 0.5) is 0 Å². The van der Waals surface area contributed by atoms with Crippen LogP contribution in [0.15, 0.2) is 39.2 Å². The molecule has 2 aromatic heterocycles. The highest BCUT2D eigenvalue weighted by Gasteiger charge is 2.10. The molecular weight excluding hydrogens is 270 g/mol. The van der Waals surface area contributed by atoms with Crippen molar-refractivity contribution in [2.45, 2.75) is 17.2 Å². The SMILES string of the molecule is CC(NC(=O)CSc1cccs1)c1cccs1. The van der Waals surface area contributed by atoms with Crippen LogP contribution < -0.4 is 5.32 Å². The van der Waals surface area contributed by atoms with Crippen LogP contribution in [0.3, 0.4) is 0 Å². The lowest BCUT2D eigenvalue weighted by Gasteiger charge is -2.11. The number of hydrogen-bond acceptors (Lipinski definition) is 4. The van der Waals surface area contributed by atoms with Crippen molar-refractivity contribution in [3.8, 4) is 0 Å². The molecule has 5 heteroatoms. The minimum Gasteiger partial charge on any atom is -0.348 e. The van der Waals surface area contributed by atoms with E-state index in [0.717, 1.165) is 0 Å². The van der Waals surface area contributed by atoms with Crippen molar-refractivity contribution < 1.29 is 4.79 Å². The number of carbonyl (C=O) groups excluding carboxylic acids is 1. The molecule has 0 saturated carbocycles. The van der Waals surface area contributed by atoms with Gasteiger partial charge in [0.2, 0.25) is 5.91 Å². The molecule has 0 aliphatic rings. The van der Waals surface area contributed by atoms with E-state index in [1.807, 2.05) is 41.9 Å². The predicted molar refractivity (Wildman–Crippen MR) is 75.9 cm³/mol. The first kappa shape index (κ1) is 12.7. The molecule has 2 nitrogen and oxygen atoms in total. The number of carbonyl (C=O) groups is 1. The second-order valence-electron chi connectivity index (χ2n) is 3.53. The van der Waals surface area contributed by atoms with Crippen molar-refractivity contribution in [2.24, 2.45) is 0 Å². The predicted octanol–water partition coefficient (Wildman–Crippen LogP) is 3.78. The first-order chi connectivity index (χ1) is 8.25. The maximum absolute atomic E-state index is 11.7. The summed E-state index contributed by atoms with van der Waals surface area (Å²) in [4.78, 5) is 12.9. The van der Waals surface area contributed by atoms with Gasteiger partial charge in [-0.3, -0.25) is 4.79 Å². The van der Waals surface area contributed by atoms with Gasteiger partial charge in [-0.25, -0.2) is 0 Å². The maximum Gasteiger partial charge on any atom is 0.230 e. The fraction of sp³-hybridized carbons (Fsp3) is 0.250. The van der Waals surface area contributed by atoms with Gasteiger partial charge in [-0.2, -0.15) is 0 Å². The average Bonchev–Trinajstić information content (AvgIpc) is 2.99. The minimum absolute atomic E-state index is 0.0873. The molecule has 1 amide bonds. The van der Waals surface area contributed by atoms with Crippen molar-refractivity contribution in [3.05, 3.63) is 39.9 Å². The van der Waals surface area contributed by atoms with Gasteiger partial charge in [-0.1, -0.05) is 12.1 Å². The summed E-state index contributed by atoms with van der Waals surface area (Å²) in [6.07, 6.45) is 0. The van der Waals surface area contributed by atoms with Crippen LogP contribution in [0.5, 0.6) is 0 Å². The third-order valence-corrected chi connectivity index (χ3v) is 5.37. The van der Waals surface area contributed by atoms with Gasteiger partial charge < -0.3 is 5.32 Å². The maximum atomic E-state index is 11.7. The van der Waals surface area contributed by atoms with E-state index in [4.69, 9.17) is 0 Å². The number of nitrogens with one attached hydrogen (secondary N) is 1. The van der Waals surface area contributed by atoms with E-state index in [0.29, 0.717) is 5.75 Å². The van der Waals surface area contributed by atoms with Crippen molar-refractivity contribution in [2.75, 3.05) is 5.75 Å².